The Morgan fingerprint density at radius 3 is 2.57 bits per heavy atom. The summed E-state index contributed by atoms with van der Waals surface area (Å²) in [7, 11) is 0. The van der Waals surface area contributed by atoms with Crippen LogP contribution >= 0.6 is 15.9 Å². The maximum atomic E-state index is 5.64. The van der Waals surface area contributed by atoms with Gasteiger partial charge >= 0.3 is 0 Å². The lowest BCUT2D eigenvalue weighted by atomic mass is 9.98. The highest BCUT2D eigenvalue weighted by molar-refractivity contribution is 9.10. The molecule has 3 nitrogen and oxygen atoms in total. The molecule has 74 valence electrons. The van der Waals surface area contributed by atoms with Crippen molar-refractivity contribution >= 4 is 21.7 Å². The molecule has 0 amide bonds. The van der Waals surface area contributed by atoms with Crippen molar-refractivity contribution in [1.82, 2.24) is 9.97 Å². The Kier molecular flexibility index (Phi) is 3.12. The van der Waals surface area contributed by atoms with Gasteiger partial charge in [-0.05, 0) is 42.6 Å². The van der Waals surface area contributed by atoms with Crippen LogP contribution in [-0.4, -0.2) is 9.97 Å². The van der Waals surface area contributed by atoms with Crippen molar-refractivity contribution in [2.75, 3.05) is 5.73 Å². The van der Waals surface area contributed by atoms with Crippen LogP contribution in [0.4, 0.5) is 5.82 Å². The minimum Gasteiger partial charge on any atom is -0.381 e. The van der Waals surface area contributed by atoms with Gasteiger partial charge in [0.1, 0.15) is 4.60 Å². The monoisotopic (exact) mass is 253 g/mol. The smallest absolute Gasteiger partial charge is 0.159 e. The highest BCUT2D eigenvalue weighted by Crippen LogP contribution is 2.13. The van der Waals surface area contributed by atoms with Crippen LogP contribution in [0.25, 0.3) is 0 Å². The second kappa shape index (κ2) is 3.97. The van der Waals surface area contributed by atoms with E-state index in [0.29, 0.717) is 16.1 Å². The molecule has 2 N–H and O–H groups in total. The quantitative estimate of drug-likeness (QED) is 0.722. The van der Waals surface area contributed by atoms with E-state index in [2.05, 4.69) is 37.7 Å². The maximum absolute atomic E-state index is 5.64. The number of anilines is 1. The van der Waals surface area contributed by atoms with E-state index in [0.717, 1.165) is 0 Å². The summed E-state index contributed by atoms with van der Waals surface area (Å²) in [5.74, 6) is 6.32. The zero-order valence-corrected chi connectivity index (χ0v) is 10.0. The van der Waals surface area contributed by atoms with Crippen molar-refractivity contribution in [1.29, 1.82) is 0 Å². The third kappa shape index (κ3) is 3.35. The van der Waals surface area contributed by atoms with Crippen LogP contribution < -0.4 is 5.73 Å². The minimum atomic E-state index is -0.0544. The molecule has 0 fully saturated rings. The molecule has 4 heteroatoms. The summed E-state index contributed by atoms with van der Waals surface area (Å²) in [6.07, 6.45) is 1.59. The van der Waals surface area contributed by atoms with E-state index < -0.39 is 0 Å². The van der Waals surface area contributed by atoms with Gasteiger partial charge in [-0.25, -0.2) is 9.97 Å². The van der Waals surface area contributed by atoms with Crippen molar-refractivity contribution in [3.05, 3.63) is 16.5 Å². The number of nitrogens with zero attached hydrogens (tertiary/aromatic N) is 2. The molecule has 0 aliphatic carbocycles. The van der Waals surface area contributed by atoms with Crippen LogP contribution in [0.1, 0.15) is 26.5 Å². The van der Waals surface area contributed by atoms with E-state index in [1.807, 2.05) is 20.8 Å². The van der Waals surface area contributed by atoms with Gasteiger partial charge < -0.3 is 5.73 Å². The fourth-order valence-corrected chi connectivity index (χ4v) is 1.02. The predicted octanol–water partition coefficient (Wildman–Crippen LogP) is 2.22. The Balaban J connectivity index is 3.02. The van der Waals surface area contributed by atoms with Gasteiger partial charge in [0, 0.05) is 5.41 Å². The Morgan fingerprint density at radius 1 is 1.43 bits per heavy atom. The van der Waals surface area contributed by atoms with Gasteiger partial charge in [-0.3, -0.25) is 0 Å². The summed E-state index contributed by atoms with van der Waals surface area (Å²) in [5, 5.41) is 0. The van der Waals surface area contributed by atoms with E-state index >= 15 is 0 Å². The van der Waals surface area contributed by atoms with Gasteiger partial charge in [-0.1, -0.05) is 5.92 Å². The molecule has 1 heterocycles. The van der Waals surface area contributed by atoms with Crippen LogP contribution in [0.5, 0.6) is 0 Å². The maximum Gasteiger partial charge on any atom is 0.159 e. The molecule has 0 aliphatic rings. The molecule has 14 heavy (non-hydrogen) atoms. The third-order valence-corrected chi connectivity index (χ3v) is 1.71. The molecular weight excluding hydrogens is 242 g/mol. The lowest BCUT2D eigenvalue weighted by Gasteiger charge is -2.06. The lowest BCUT2D eigenvalue weighted by molar-refractivity contribution is 0.571. The molecule has 0 aromatic carbocycles. The Labute approximate surface area is 92.3 Å². The summed E-state index contributed by atoms with van der Waals surface area (Å²) in [5.41, 5.74) is 6.12. The topological polar surface area (TPSA) is 51.8 Å². The van der Waals surface area contributed by atoms with Crippen LogP contribution in [0, 0.1) is 17.3 Å². The molecule has 1 aromatic heterocycles. The Bertz CT molecular complexity index is 396. The first kappa shape index (κ1) is 11.0. The van der Waals surface area contributed by atoms with Gasteiger partial charge in [0.25, 0.3) is 0 Å². The molecule has 0 atom stereocenters. The van der Waals surface area contributed by atoms with Gasteiger partial charge in [0.15, 0.2) is 11.5 Å². The summed E-state index contributed by atoms with van der Waals surface area (Å²) in [6, 6.07) is 0. The zero-order valence-electron chi connectivity index (χ0n) is 8.43. The van der Waals surface area contributed by atoms with Crippen molar-refractivity contribution in [2.45, 2.75) is 20.8 Å². The van der Waals surface area contributed by atoms with Gasteiger partial charge in [0.2, 0.25) is 0 Å². The Hall–Kier alpha value is -1.08. The molecule has 0 saturated carbocycles. The molecule has 0 radical (unpaired) electrons. The lowest BCUT2D eigenvalue weighted by Crippen LogP contribution is -2.02. The van der Waals surface area contributed by atoms with Gasteiger partial charge in [0.05, 0.1) is 6.20 Å². The molecule has 0 unspecified atom stereocenters. The second-order valence-corrected chi connectivity index (χ2v) is 4.74. The van der Waals surface area contributed by atoms with E-state index in [4.69, 9.17) is 5.73 Å². The van der Waals surface area contributed by atoms with Crippen LogP contribution in [0.15, 0.2) is 10.8 Å². The van der Waals surface area contributed by atoms with Crippen molar-refractivity contribution in [3.8, 4) is 11.8 Å². The predicted molar refractivity (Wildman–Crippen MR) is 60.5 cm³/mol. The van der Waals surface area contributed by atoms with E-state index in [9.17, 15) is 0 Å². The van der Waals surface area contributed by atoms with Crippen LogP contribution in [-0.2, 0) is 0 Å². The van der Waals surface area contributed by atoms with Gasteiger partial charge in [-0.2, -0.15) is 0 Å². The summed E-state index contributed by atoms with van der Waals surface area (Å²) >= 11 is 3.19. The Morgan fingerprint density at radius 2 is 2.07 bits per heavy atom. The van der Waals surface area contributed by atoms with Crippen molar-refractivity contribution < 1.29 is 0 Å². The second-order valence-electron chi connectivity index (χ2n) is 3.93. The number of nitrogens with two attached hydrogens (primary N) is 1. The first-order valence-electron chi connectivity index (χ1n) is 4.20. The van der Waals surface area contributed by atoms with E-state index in [-0.39, 0.29) is 5.41 Å². The minimum absolute atomic E-state index is 0.0544. The number of hydrogen-bond donors (Lipinski definition) is 1. The molecule has 0 bridgehead atoms. The van der Waals surface area contributed by atoms with E-state index in [1.54, 1.807) is 6.20 Å². The molecular formula is C10H12BrN3. The molecule has 0 aliphatic heterocycles. The SMILES string of the molecule is CC(C)(C)C#Cc1ncc(Br)nc1N. The zero-order chi connectivity index (χ0) is 10.8. The normalized spacial score (nSPS) is 10.6. The fourth-order valence-electron chi connectivity index (χ4n) is 0.724. The molecule has 1 rings (SSSR count). The fraction of sp³-hybridized carbons (Fsp3) is 0.400. The van der Waals surface area contributed by atoms with Gasteiger partial charge in [-0.15, -0.1) is 0 Å². The first-order valence-corrected chi connectivity index (χ1v) is 4.99. The van der Waals surface area contributed by atoms with Crippen molar-refractivity contribution in [3.63, 3.8) is 0 Å². The average molecular weight is 254 g/mol. The largest absolute Gasteiger partial charge is 0.381 e. The molecule has 0 saturated heterocycles. The number of rotatable bonds is 0. The number of halogens is 1. The van der Waals surface area contributed by atoms with Crippen molar-refractivity contribution in [2.24, 2.45) is 5.41 Å². The summed E-state index contributed by atoms with van der Waals surface area (Å²) in [4.78, 5) is 8.08. The standard InChI is InChI=1S/C10H12BrN3/c1-10(2,3)5-4-7-9(12)14-8(11)6-13-7/h6H,1-3H3,(H2,12,14). The number of aromatic nitrogens is 2. The first-order chi connectivity index (χ1) is 6.38. The number of hydrogen-bond acceptors (Lipinski definition) is 3. The average Bonchev–Trinajstić information content (AvgIpc) is 2.00. The summed E-state index contributed by atoms with van der Waals surface area (Å²) < 4.78 is 0.622. The van der Waals surface area contributed by atoms with Crippen LogP contribution in [0.2, 0.25) is 0 Å². The molecule has 1 aromatic rings. The summed E-state index contributed by atoms with van der Waals surface area (Å²) in [6.45, 7) is 6.09. The number of nitrogen functional groups attached to an aromatic ring is 1. The highest BCUT2D eigenvalue weighted by Gasteiger charge is 2.05. The highest BCUT2D eigenvalue weighted by atomic mass is 79.9. The third-order valence-electron chi connectivity index (χ3n) is 1.33. The molecule has 0 spiro atoms. The van der Waals surface area contributed by atoms with Crippen LogP contribution in [0.3, 0.4) is 0 Å². The van der Waals surface area contributed by atoms with E-state index in [1.165, 1.54) is 0 Å².